The van der Waals surface area contributed by atoms with Crippen LogP contribution in [0.3, 0.4) is 0 Å². The lowest BCUT2D eigenvalue weighted by molar-refractivity contribution is -0.134. The van der Waals surface area contributed by atoms with Crippen molar-refractivity contribution in [2.24, 2.45) is 5.92 Å². The predicted molar refractivity (Wildman–Crippen MR) is 117 cm³/mol. The number of anilines is 2. The number of fused-ring (bicyclic) bond motifs is 1. The Balaban J connectivity index is 1.34. The minimum atomic E-state index is -0.615. The molecule has 2 amide bonds. The average Bonchev–Trinajstić information content (AvgIpc) is 3.67. The third-order valence-electron chi connectivity index (χ3n) is 5.96. The number of aromatic amines is 1. The molecule has 1 saturated heterocycles. The molecule has 3 aromatic rings. The number of hydrogen-bond acceptors (Lipinski definition) is 5. The van der Waals surface area contributed by atoms with Gasteiger partial charge in [-0.05, 0) is 37.1 Å². The minimum absolute atomic E-state index is 0.0503. The number of hydrogen-bond donors (Lipinski definition) is 2. The lowest BCUT2D eigenvalue weighted by atomic mass is 10.1. The monoisotopic (exact) mass is 435 g/mol. The first kappa shape index (κ1) is 20.2. The summed E-state index contributed by atoms with van der Waals surface area (Å²) in [6.07, 6.45) is 1.89. The fourth-order valence-corrected chi connectivity index (χ4v) is 4.00. The molecule has 9 heteroatoms. The smallest absolute Gasteiger partial charge is 0.272 e. The van der Waals surface area contributed by atoms with Gasteiger partial charge in [-0.15, -0.1) is 0 Å². The molecule has 1 aliphatic carbocycles. The van der Waals surface area contributed by atoms with Gasteiger partial charge in [0.25, 0.3) is 11.5 Å². The van der Waals surface area contributed by atoms with Gasteiger partial charge in [0.05, 0.1) is 10.9 Å². The summed E-state index contributed by atoms with van der Waals surface area (Å²) in [4.78, 5) is 40.6. The van der Waals surface area contributed by atoms with Gasteiger partial charge in [-0.25, -0.2) is 9.49 Å². The molecule has 2 fully saturated rings. The van der Waals surface area contributed by atoms with Crippen molar-refractivity contribution in [2.45, 2.75) is 12.8 Å². The van der Waals surface area contributed by atoms with Crippen LogP contribution in [-0.2, 0) is 4.79 Å². The average molecular weight is 435 g/mol. The Kier molecular flexibility index (Phi) is 5.08. The van der Waals surface area contributed by atoms with Crippen LogP contribution in [0.25, 0.3) is 10.8 Å². The second-order valence-corrected chi connectivity index (χ2v) is 8.16. The molecule has 0 spiro atoms. The van der Waals surface area contributed by atoms with Gasteiger partial charge in [-0.3, -0.25) is 14.4 Å². The summed E-state index contributed by atoms with van der Waals surface area (Å²) in [5.41, 5.74) is 0.119. The number of nitrogens with one attached hydrogen (secondary N) is 2. The van der Waals surface area contributed by atoms with Gasteiger partial charge in [0.15, 0.2) is 5.82 Å². The van der Waals surface area contributed by atoms with Crippen molar-refractivity contribution in [3.8, 4) is 0 Å². The Labute approximate surface area is 183 Å². The highest BCUT2D eigenvalue weighted by atomic mass is 19.1. The number of nitrogens with zero attached hydrogens (tertiary/aromatic N) is 3. The van der Waals surface area contributed by atoms with Crippen LogP contribution in [0, 0.1) is 11.7 Å². The zero-order valence-corrected chi connectivity index (χ0v) is 17.3. The highest BCUT2D eigenvalue weighted by Gasteiger charge is 2.35. The highest BCUT2D eigenvalue weighted by Crippen LogP contribution is 2.31. The molecule has 164 valence electrons. The van der Waals surface area contributed by atoms with Gasteiger partial charge < -0.3 is 15.1 Å². The van der Waals surface area contributed by atoms with Crippen LogP contribution in [0.2, 0.25) is 0 Å². The third kappa shape index (κ3) is 3.81. The van der Waals surface area contributed by atoms with Crippen LogP contribution >= 0.6 is 0 Å². The molecule has 1 aliphatic heterocycles. The van der Waals surface area contributed by atoms with E-state index in [1.54, 1.807) is 34.1 Å². The van der Waals surface area contributed by atoms with E-state index in [1.807, 2.05) is 0 Å². The number of aromatic nitrogens is 2. The molecule has 0 bridgehead atoms. The SMILES string of the molecule is O=C(c1cc(Nc2n[nH]c(=O)c3ccccc23)ccc1F)N1CCN(C(=O)C2CC2)CC1. The summed E-state index contributed by atoms with van der Waals surface area (Å²) in [7, 11) is 0. The second-order valence-electron chi connectivity index (χ2n) is 8.16. The highest BCUT2D eigenvalue weighted by molar-refractivity contribution is 5.97. The summed E-state index contributed by atoms with van der Waals surface area (Å²) in [6.45, 7) is 1.68. The lowest BCUT2D eigenvalue weighted by Crippen LogP contribution is -2.51. The molecule has 2 aliphatic rings. The van der Waals surface area contributed by atoms with E-state index in [0.29, 0.717) is 48.5 Å². The quantitative estimate of drug-likeness (QED) is 0.656. The third-order valence-corrected chi connectivity index (χ3v) is 5.96. The molecule has 2 heterocycles. The molecular weight excluding hydrogens is 413 g/mol. The Morgan fingerprint density at radius 1 is 1.00 bits per heavy atom. The number of benzene rings is 2. The second kappa shape index (κ2) is 8.07. The molecule has 2 aromatic carbocycles. The standard InChI is InChI=1S/C23H22FN5O3/c24-19-8-7-15(25-20-16-3-1-2-4-17(16)21(30)27-26-20)13-18(19)23(32)29-11-9-28(10-12-29)22(31)14-5-6-14/h1-4,7-8,13-14H,5-6,9-12H2,(H,25,26)(H,27,30). The Morgan fingerprint density at radius 2 is 1.69 bits per heavy atom. The van der Waals surface area contributed by atoms with E-state index in [1.165, 1.54) is 18.2 Å². The van der Waals surface area contributed by atoms with Crippen LogP contribution < -0.4 is 10.9 Å². The number of H-pyrrole nitrogens is 1. The van der Waals surface area contributed by atoms with Gasteiger partial charge in [-0.2, -0.15) is 5.10 Å². The van der Waals surface area contributed by atoms with Crippen LogP contribution in [0.5, 0.6) is 0 Å². The zero-order valence-electron chi connectivity index (χ0n) is 17.3. The molecule has 32 heavy (non-hydrogen) atoms. The summed E-state index contributed by atoms with van der Waals surface area (Å²) >= 11 is 0. The lowest BCUT2D eigenvalue weighted by Gasteiger charge is -2.35. The normalized spacial score (nSPS) is 16.3. The number of amides is 2. The van der Waals surface area contributed by atoms with E-state index in [4.69, 9.17) is 0 Å². The first-order chi connectivity index (χ1) is 15.5. The van der Waals surface area contributed by atoms with Gasteiger partial charge in [0.2, 0.25) is 5.91 Å². The fourth-order valence-electron chi connectivity index (χ4n) is 4.00. The summed E-state index contributed by atoms with van der Waals surface area (Å²) in [5, 5.41) is 10.7. The van der Waals surface area contributed by atoms with Crippen molar-refractivity contribution < 1.29 is 14.0 Å². The summed E-state index contributed by atoms with van der Waals surface area (Å²) < 4.78 is 14.5. The zero-order chi connectivity index (χ0) is 22.2. The Bertz CT molecular complexity index is 1260. The van der Waals surface area contributed by atoms with Gasteiger partial charge in [0, 0.05) is 43.2 Å². The molecule has 1 aromatic heterocycles. The molecule has 8 nitrogen and oxygen atoms in total. The number of carbonyl (C=O) groups is 2. The van der Waals surface area contributed by atoms with E-state index in [-0.39, 0.29) is 22.9 Å². The summed E-state index contributed by atoms with van der Waals surface area (Å²) in [6, 6.07) is 11.2. The van der Waals surface area contributed by atoms with E-state index in [2.05, 4.69) is 15.5 Å². The molecule has 0 radical (unpaired) electrons. The molecule has 0 atom stereocenters. The first-order valence-electron chi connectivity index (χ1n) is 10.6. The van der Waals surface area contributed by atoms with Crippen molar-refractivity contribution in [1.82, 2.24) is 20.0 Å². The van der Waals surface area contributed by atoms with Crippen LogP contribution in [0.4, 0.5) is 15.9 Å². The van der Waals surface area contributed by atoms with Crippen LogP contribution in [0.15, 0.2) is 47.3 Å². The van der Waals surface area contributed by atoms with Gasteiger partial charge >= 0.3 is 0 Å². The number of halogens is 1. The van der Waals surface area contributed by atoms with E-state index < -0.39 is 11.7 Å². The maximum absolute atomic E-state index is 14.5. The largest absolute Gasteiger partial charge is 0.339 e. The maximum Gasteiger partial charge on any atom is 0.272 e. The molecule has 0 unspecified atom stereocenters. The van der Waals surface area contributed by atoms with Gasteiger partial charge in [-0.1, -0.05) is 18.2 Å². The molecule has 2 N–H and O–H groups in total. The Morgan fingerprint density at radius 3 is 2.41 bits per heavy atom. The van der Waals surface area contributed by atoms with Crippen molar-refractivity contribution >= 4 is 34.1 Å². The van der Waals surface area contributed by atoms with Crippen molar-refractivity contribution in [3.63, 3.8) is 0 Å². The van der Waals surface area contributed by atoms with Crippen molar-refractivity contribution in [1.29, 1.82) is 0 Å². The minimum Gasteiger partial charge on any atom is -0.339 e. The van der Waals surface area contributed by atoms with Crippen molar-refractivity contribution in [2.75, 3.05) is 31.5 Å². The van der Waals surface area contributed by atoms with Crippen LogP contribution in [-0.4, -0.2) is 58.0 Å². The predicted octanol–water partition coefficient (Wildman–Crippen LogP) is 2.50. The summed E-state index contributed by atoms with van der Waals surface area (Å²) in [5.74, 6) is -0.317. The number of carbonyl (C=O) groups excluding carboxylic acids is 2. The molecular formula is C23H22FN5O3. The van der Waals surface area contributed by atoms with E-state index >= 15 is 0 Å². The van der Waals surface area contributed by atoms with Gasteiger partial charge in [0.1, 0.15) is 5.82 Å². The number of rotatable bonds is 4. The molecule has 1 saturated carbocycles. The van der Waals surface area contributed by atoms with Crippen LogP contribution in [0.1, 0.15) is 23.2 Å². The van der Waals surface area contributed by atoms with E-state index in [0.717, 1.165) is 12.8 Å². The first-order valence-corrected chi connectivity index (χ1v) is 10.6. The molecule has 5 rings (SSSR count). The maximum atomic E-state index is 14.5. The Hall–Kier alpha value is -3.75. The fraction of sp³-hybridized carbons (Fsp3) is 0.304. The van der Waals surface area contributed by atoms with E-state index in [9.17, 15) is 18.8 Å². The number of piperazine rings is 1. The van der Waals surface area contributed by atoms with Crippen molar-refractivity contribution in [3.05, 3.63) is 64.2 Å². The topological polar surface area (TPSA) is 98.4 Å².